The van der Waals surface area contributed by atoms with Gasteiger partial charge in [0.1, 0.15) is 5.92 Å². The van der Waals surface area contributed by atoms with Gasteiger partial charge in [0.25, 0.3) is 0 Å². The van der Waals surface area contributed by atoms with E-state index < -0.39 is 23.8 Å². The molecule has 2 aromatic carbocycles. The molecule has 9 heteroatoms. The van der Waals surface area contributed by atoms with Crippen LogP contribution in [-0.4, -0.2) is 49.2 Å². The third-order valence-electron chi connectivity index (χ3n) is 6.56. The minimum atomic E-state index is -0.902. The fourth-order valence-electron chi connectivity index (χ4n) is 4.86. The highest BCUT2D eigenvalue weighted by atomic mass is 16.5. The predicted octanol–water partition coefficient (Wildman–Crippen LogP) is 4.77. The van der Waals surface area contributed by atoms with E-state index in [9.17, 15) is 9.59 Å². The van der Waals surface area contributed by atoms with Crippen LogP contribution in [0.5, 0.6) is 11.5 Å². The highest BCUT2D eigenvalue weighted by Crippen LogP contribution is 2.45. The van der Waals surface area contributed by atoms with E-state index in [1.54, 1.807) is 45.7 Å². The summed E-state index contributed by atoms with van der Waals surface area (Å²) in [6.07, 6.45) is 1.84. The summed E-state index contributed by atoms with van der Waals surface area (Å²) in [6, 6.07) is 15.1. The number of para-hydroxylation sites is 1. The van der Waals surface area contributed by atoms with Gasteiger partial charge in [-0.15, -0.1) is 0 Å². The fraction of sp³-hybridized carbons (Fsp3) is 0.300. The van der Waals surface area contributed by atoms with Crippen LogP contribution in [0.2, 0.25) is 0 Å². The summed E-state index contributed by atoms with van der Waals surface area (Å²) < 4.78 is 23.6. The van der Waals surface area contributed by atoms with E-state index in [4.69, 9.17) is 24.0 Å². The molecule has 0 bridgehead atoms. The van der Waals surface area contributed by atoms with Gasteiger partial charge >= 0.3 is 11.9 Å². The Hall–Kier alpha value is -4.53. The molecule has 1 aliphatic heterocycles. The summed E-state index contributed by atoms with van der Waals surface area (Å²) in [6.45, 7) is 9.72. The average Bonchev–Trinajstić information content (AvgIpc) is 3.38. The van der Waals surface area contributed by atoms with E-state index >= 15 is 0 Å². The number of benzene rings is 2. The van der Waals surface area contributed by atoms with Crippen molar-refractivity contribution in [3.8, 4) is 28.4 Å². The molecule has 2 unspecified atom stereocenters. The number of aromatic nitrogens is 2. The Balaban J connectivity index is 2.02. The summed E-state index contributed by atoms with van der Waals surface area (Å²) in [7, 11) is 3.13. The average molecular weight is 532 g/mol. The van der Waals surface area contributed by atoms with Crippen molar-refractivity contribution in [2.24, 2.45) is 5.92 Å². The monoisotopic (exact) mass is 531 g/mol. The molecular weight excluding hydrogens is 498 g/mol. The van der Waals surface area contributed by atoms with Crippen molar-refractivity contribution in [3.63, 3.8) is 0 Å². The SMILES string of the molecule is C=C1NC(C)=C(C(=O)OCC)C(c2cn(-c3ccccc3)nc2-c2ccc(OC)c(OC)c2)C1C(=O)OCC. The van der Waals surface area contributed by atoms with Crippen molar-refractivity contribution in [2.75, 3.05) is 27.4 Å². The van der Waals surface area contributed by atoms with Crippen LogP contribution in [0.15, 0.2) is 78.3 Å². The van der Waals surface area contributed by atoms with Crippen molar-refractivity contribution in [3.05, 3.63) is 83.8 Å². The molecule has 1 aromatic heterocycles. The van der Waals surface area contributed by atoms with Crippen LogP contribution < -0.4 is 14.8 Å². The number of esters is 2. The molecule has 1 aliphatic rings. The van der Waals surface area contributed by atoms with Gasteiger partial charge in [-0.1, -0.05) is 24.8 Å². The van der Waals surface area contributed by atoms with E-state index in [0.717, 1.165) is 5.69 Å². The van der Waals surface area contributed by atoms with Crippen molar-refractivity contribution in [1.29, 1.82) is 0 Å². The standard InChI is InChI=1S/C30H33N3O6/c1-7-38-29(34)25-18(3)31-19(4)26(30(35)39-8-2)27(25)22-17-33(21-12-10-9-11-13-21)32-28(22)20-14-15-23(36-5)24(16-20)37-6/h9-17,25,27,31H,3,7-8H2,1-2,4-6H3. The summed E-state index contributed by atoms with van der Waals surface area (Å²) in [4.78, 5) is 26.7. The van der Waals surface area contributed by atoms with Gasteiger partial charge in [0.15, 0.2) is 11.5 Å². The van der Waals surface area contributed by atoms with Crippen molar-refractivity contribution < 1.29 is 28.5 Å². The largest absolute Gasteiger partial charge is 0.493 e. The quantitative estimate of drug-likeness (QED) is 0.394. The molecule has 9 nitrogen and oxygen atoms in total. The number of hydrogen-bond donors (Lipinski definition) is 1. The number of hydrogen-bond acceptors (Lipinski definition) is 8. The normalized spacial score (nSPS) is 16.9. The lowest BCUT2D eigenvalue weighted by Crippen LogP contribution is -2.39. The van der Waals surface area contributed by atoms with Crippen molar-refractivity contribution >= 4 is 11.9 Å². The lowest BCUT2D eigenvalue weighted by Gasteiger charge is -2.34. The number of nitrogens with one attached hydrogen (secondary N) is 1. The smallest absolute Gasteiger partial charge is 0.336 e. The molecule has 2 atom stereocenters. The first kappa shape index (κ1) is 27.5. The van der Waals surface area contributed by atoms with Gasteiger partial charge in [-0.3, -0.25) is 4.79 Å². The molecule has 0 radical (unpaired) electrons. The Morgan fingerprint density at radius 1 is 1.00 bits per heavy atom. The van der Waals surface area contributed by atoms with Crippen LogP contribution in [0.3, 0.4) is 0 Å². The third kappa shape index (κ3) is 5.38. The lowest BCUT2D eigenvalue weighted by molar-refractivity contribution is -0.147. The van der Waals surface area contributed by atoms with Crippen LogP contribution in [-0.2, 0) is 19.1 Å². The Labute approximate surface area is 228 Å². The van der Waals surface area contributed by atoms with Gasteiger partial charge in [-0.25, -0.2) is 9.48 Å². The fourth-order valence-corrected chi connectivity index (χ4v) is 4.86. The zero-order chi connectivity index (χ0) is 28.1. The van der Waals surface area contributed by atoms with Crippen LogP contribution in [0.4, 0.5) is 0 Å². The maximum atomic E-state index is 13.4. The van der Waals surface area contributed by atoms with E-state index in [1.807, 2.05) is 48.7 Å². The Morgan fingerprint density at radius 3 is 2.33 bits per heavy atom. The first-order valence-electron chi connectivity index (χ1n) is 12.7. The van der Waals surface area contributed by atoms with Crippen molar-refractivity contribution in [2.45, 2.75) is 26.7 Å². The van der Waals surface area contributed by atoms with Crippen LogP contribution in [0.1, 0.15) is 32.3 Å². The second kappa shape index (κ2) is 11.9. The van der Waals surface area contributed by atoms with Crippen LogP contribution in [0, 0.1) is 5.92 Å². The minimum absolute atomic E-state index is 0.179. The molecule has 2 heterocycles. The van der Waals surface area contributed by atoms with E-state index in [-0.39, 0.29) is 13.2 Å². The minimum Gasteiger partial charge on any atom is -0.493 e. The highest BCUT2D eigenvalue weighted by molar-refractivity contribution is 5.95. The summed E-state index contributed by atoms with van der Waals surface area (Å²) >= 11 is 0. The zero-order valence-electron chi connectivity index (χ0n) is 22.8. The molecule has 0 aliphatic carbocycles. The van der Waals surface area contributed by atoms with Gasteiger partial charge in [-0.2, -0.15) is 5.10 Å². The van der Waals surface area contributed by atoms with E-state index in [0.29, 0.717) is 45.3 Å². The molecule has 0 fully saturated rings. The van der Waals surface area contributed by atoms with Crippen molar-refractivity contribution in [1.82, 2.24) is 15.1 Å². The Bertz CT molecular complexity index is 1410. The Kier molecular flexibility index (Phi) is 8.39. The molecule has 0 amide bonds. The van der Waals surface area contributed by atoms with Gasteiger partial charge in [0.2, 0.25) is 0 Å². The molecule has 204 valence electrons. The van der Waals surface area contributed by atoms with Gasteiger partial charge in [0, 0.05) is 34.6 Å². The topological polar surface area (TPSA) is 101 Å². The molecule has 0 spiro atoms. The van der Waals surface area contributed by atoms with Gasteiger partial charge < -0.3 is 24.3 Å². The van der Waals surface area contributed by atoms with Crippen LogP contribution >= 0.6 is 0 Å². The highest BCUT2D eigenvalue weighted by Gasteiger charge is 2.45. The van der Waals surface area contributed by atoms with E-state index in [1.165, 1.54) is 0 Å². The summed E-state index contributed by atoms with van der Waals surface area (Å²) in [5.41, 5.74) is 4.01. The number of carbonyl (C=O) groups excluding carboxylic acids is 2. The van der Waals surface area contributed by atoms with Crippen LogP contribution in [0.25, 0.3) is 16.9 Å². The molecular formula is C30H33N3O6. The van der Waals surface area contributed by atoms with E-state index in [2.05, 4.69) is 11.9 Å². The molecule has 1 N–H and O–H groups in total. The molecule has 0 saturated carbocycles. The molecule has 39 heavy (non-hydrogen) atoms. The maximum absolute atomic E-state index is 13.4. The summed E-state index contributed by atoms with van der Waals surface area (Å²) in [5, 5.41) is 8.04. The third-order valence-corrected chi connectivity index (χ3v) is 6.56. The second-order valence-electron chi connectivity index (χ2n) is 8.90. The molecule has 3 aromatic rings. The number of methoxy groups -OCH3 is 2. The number of nitrogens with zero attached hydrogens (tertiary/aromatic N) is 2. The number of allylic oxidation sites excluding steroid dienone is 1. The second-order valence-corrected chi connectivity index (χ2v) is 8.90. The molecule has 0 saturated heterocycles. The zero-order valence-corrected chi connectivity index (χ0v) is 22.8. The number of carbonyl (C=O) groups is 2. The predicted molar refractivity (Wildman–Crippen MR) is 147 cm³/mol. The van der Waals surface area contributed by atoms with Gasteiger partial charge in [-0.05, 0) is 51.1 Å². The lowest BCUT2D eigenvalue weighted by atomic mass is 9.75. The summed E-state index contributed by atoms with van der Waals surface area (Å²) in [5.74, 6) is -1.63. The Morgan fingerprint density at radius 2 is 1.69 bits per heavy atom. The number of rotatable bonds is 9. The number of ether oxygens (including phenoxy) is 4. The first-order valence-corrected chi connectivity index (χ1v) is 12.7. The maximum Gasteiger partial charge on any atom is 0.336 e. The first-order chi connectivity index (χ1) is 18.8. The van der Waals surface area contributed by atoms with Gasteiger partial charge in [0.05, 0.1) is 44.4 Å². The molecule has 4 rings (SSSR count).